The summed E-state index contributed by atoms with van der Waals surface area (Å²) in [5, 5.41) is 10.9. The summed E-state index contributed by atoms with van der Waals surface area (Å²) in [4.78, 5) is 0. The van der Waals surface area contributed by atoms with Crippen LogP contribution in [-0.4, -0.2) is 16.7 Å². The number of benzene rings is 1. The first-order valence-corrected chi connectivity index (χ1v) is 7.57. The third-order valence-electron chi connectivity index (χ3n) is 3.01. The van der Waals surface area contributed by atoms with E-state index in [1.54, 1.807) is 0 Å². The molecule has 0 aliphatic carbocycles. The van der Waals surface area contributed by atoms with Crippen molar-refractivity contribution in [3.8, 4) is 11.5 Å². The fourth-order valence-electron chi connectivity index (χ4n) is 1.95. The highest BCUT2D eigenvalue weighted by Gasteiger charge is 2.21. The van der Waals surface area contributed by atoms with E-state index in [-0.39, 0.29) is 17.5 Å². The molecule has 21 heavy (non-hydrogen) atoms. The van der Waals surface area contributed by atoms with Crippen LogP contribution in [0.1, 0.15) is 38.6 Å². The van der Waals surface area contributed by atoms with Gasteiger partial charge < -0.3 is 9.73 Å². The molecule has 2 rings (SSSR count). The largest absolute Gasteiger partial charge is 0.419 e. The van der Waals surface area contributed by atoms with Crippen LogP contribution in [0.3, 0.4) is 0 Å². The van der Waals surface area contributed by atoms with Gasteiger partial charge in [-0.25, -0.2) is 8.78 Å². The zero-order valence-electron chi connectivity index (χ0n) is 11.8. The number of nitrogens with one attached hydrogen (secondary N) is 1. The average Bonchev–Trinajstić information content (AvgIpc) is 2.88. The lowest BCUT2D eigenvalue weighted by molar-refractivity contribution is 0.394. The molecule has 1 aromatic carbocycles. The number of hydrogen-bond donors (Lipinski definition) is 1. The summed E-state index contributed by atoms with van der Waals surface area (Å²) in [6.07, 6.45) is 1.71. The van der Waals surface area contributed by atoms with E-state index in [4.69, 9.17) is 4.42 Å². The van der Waals surface area contributed by atoms with Gasteiger partial charge in [-0.3, -0.25) is 0 Å². The highest BCUT2D eigenvalue weighted by Crippen LogP contribution is 2.29. The highest BCUT2D eigenvalue weighted by atomic mass is 79.9. The van der Waals surface area contributed by atoms with Gasteiger partial charge >= 0.3 is 0 Å². The minimum absolute atomic E-state index is 0.118. The minimum atomic E-state index is -0.744. The van der Waals surface area contributed by atoms with E-state index in [0.29, 0.717) is 10.4 Å². The molecule has 0 saturated heterocycles. The molecule has 0 radical (unpaired) electrons. The first-order valence-electron chi connectivity index (χ1n) is 6.78. The summed E-state index contributed by atoms with van der Waals surface area (Å²) >= 11 is 3.03. The molecule has 7 heteroatoms. The predicted octanol–water partition coefficient (Wildman–Crippen LogP) is 4.23. The summed E-state index contributed by atoms with van der Waals surface area (Å²) in [5.41, 5.74) is -0.303. The second-order valence-electron chi connectivity index (χ2n) is 4.60. The molecule has 1 aromatic heterocycles. The first-order chi connectivity index (χ1) is 10.1. The number of hydrogen-bond acceptors (Lipinski definition) is 4. The number of nitrogens with zero attached hydrogens (tertiary/aromatic N) is 2. The van der Waals surface area contributed by atoms with Gasteiger partial charge in [0.05, 0.1) is 6.04 Å². The third kappa shape index (κ3) is 3.65. The number of aromatic nitrogens is 2. The SMILES string of the molecule is CCCNC(CC)c1nnc(-c2c(F)cc(Br)cc2F)o1. The molecule has 4 nitrogen and oxygen atoms in total. The van der Waals surface area contributed by atoms with Gasteiger partial charge in [-0.05, 0) is 31.5 Å². The maximum Gasteiger partial charge on any atom is 0.253 e. The van der Waals surface area contributed by atoms with E-state index in [2.05, 4.69) is 31.4 Å². The standard InChI is InChI=1S/C14H16BrF2N3O/c1-3-5-18-11(4-2)13-19-20-14(21-13)12-9(16)6-8(15)7-10(12)17/h6-7,11,18H,3-5H2,1-2H3. The van der Waals surface area contributed by atoms with E-state index in [9.17, 15) is 8.78 Å². The first kappa shape index (κ1) is 16.0. The summed E-state index contributed by atoms with van der Waals surface area (Å²) in [5.74, 6) is -1.30. The normalized spacial score (nSPS) is 12.6. The Hall–Kier alpha value is -1.34. The van der Waals surface area contributed by atoms with Crippen molar-refractivity contribution in [2.45, 2.75) is 32.7 Å². The molecule has 0 amide bonds. The lowest BCUT2D eigenvalue weighted by Crippen LogP contribution is -2.21. The predicted molar refractivity (Wildman–Crippen MR) is 78.7 cm³/mol. The summed E-state index contributed by atoms with van der Waals surface area (Å²) in [7, 11) is 0. The molecule has 1 heterocycles. The zero-order valence-corrected chi connectivity index (χ0v) is 13.4. The van der Waals surface area contributed by atoms with Crippen LogP contribution in [0.25, 0.3) is 11.5 Å². The van der Waals surface area contributed by atoms with Gasteiger partial charge in [0.2, 0.25) is 5.89 Å². The maximum atomic E-state index is 13.9. The lowest BCUT2D eigenvalue weighted by atomic mass is 10.2. The Morgan fingerprint density at radius 3 is 2.48 bits per heavy atom. The Labute approximate surface area is 130 Å². The molecule has 0 saturated carbocycles. The Bertz CT molecular complexity index is 595. The number of halogens is 3. The van der Waals surface area contributed by atoms with Crippen molar-refractivity contribution in [2.24, 2.45) is 0 Å². The molecule has 1 unspecified atom stereocenters. The Balaban J connectivity index is 2.31. The van der Waals surface area contributed by atoms with Crippen LogP contribution in [0.2, 0.25) is 0 Å². The Kier molecular flexibility index (Phi) is 5.41. The monoisotopic (exact) mass is 359 g/mol. The molecular formula is C14H16BrF2N3O. The average molecular weight is 360 g/mol. The Morgan fingerprint density at radius 2 is 1.90 bits per heavy atom. The fraction of sp³-hybridized carbons (Fsp3) is 0.429. The van der Waals surface area contributed by atoms with Crippen molar-refractivity contribution in [1.82, 2.24) is 15.5 Å². The molecule has 114 valence electrons. The van der Waals surface area contributed by atoms with Crippen molar-refractivity contribution in [3.63, 3.8) is 0 Å². The highest BCUT2D eigenvalue weighted by molar-refractivity contribution is 9.10. The van der Waals surface area contributed by atoms with Crippen LogP contribution >= 0.6 is 15.9 Å². The van der Waals surface area contributed by atoms with Crippen LogP contribution in [0, 0.1) is 11.6 Å². The molecule has 2 aromatic rings. The molecule has 0 aliphatic rings. The van der Waals surface area contributed by atoms with E-state index in [0.717, 1.165) is 31.5 Å². The van der Waals surface area contributed by atoms with Crippen molar-refractivity contribution in [1.29, 1.82) is 0 Å². The second-order valence-corrected chi connectivity index (χ2v) is 5.52. The van der Waals surface area contributed by atoms with E-state index in [1.165, 1.54) is 0 Å². The summed E-state index contributed by atoms with van der Waals surface area (Å²) < 4.78 is 33.5. The second kappa shape index (κ2) is 7.09. The fourth-order valence-corrected chi connectivity index (χ4v) is 2.35. The van der Waals surface area contributed by atoms with Crippen LogP contribution in [0.5, 0.6) is 0 Å². The smallest absolute Gasteiger partial charge is 0.253 e. The van der Waals surface area contributed by atoms with Gasteiger partial charge in [-0.1, -0.05) is 29.8 Å². The third-order valence-corrected chi connectivity index (χ3v) is 3.47. The summed E-state index contributed by atoms with van der Waals surface area (Å²) in [6.45, 7) is 4.82. The van der Waals surface area contributed by atoms with Crippen LogP contribution in [0.4, 0.5) is 8.78 Å². The van der Waals surface area contributed by atoms with Crippen molar-refractivity contribution >= 4 is 15.9 Å². The van der Waals surface area contributed by atoms with E-state index >= 15 is 0 Å². The number of rotatable bonds is 6. The van der Waals surface area contributed by atoms with Crippen molar-refractivity contribution in [3.05, 3.63) is 34.1 Å². The molecule has 0 bridgehead atoms. The molecule has 1 atom stereocenters. The molecular weight excluding hydrogens is 344 g/mol. The van der Waals surface area contributed by atoms with E-state index in [1.807, 2.05) is 13.8 Å². The van der Waals surface area contributed by atoms with Gasteiger partial charge in [-0.15, -0.1) is 10.2 Å². The van der Waals surface area contributed by atoms with Gasteiger partial charge in [0, 0.05) is 4.47 Å². The van der Waals surface area contributed by atoms with Crippen LogP contribution < -0.4 is 5.32 Å². The quantitative estimate of drug-likeness (QED) is 0.838. The van der Waals surface area contributed by atoms with Crippen LogP contribution in [-0.2, 0) is 0 Å². The van der Waals surface area contributed by atoms with E-state index < -0.39 is 11.6 Å². The van der Waals surface area contributed by atoms with Crippen molar-refractivity contribution in [2.75, 3.05) is 6.54 Å². The molecule has 0 aliphatic heterocycles. The molecule has 0 spiro atoms. The van der Waals surface area contributed by atoms with Crippen molar-refractivity contribution < 1.29 is 13.2 Å². The van der Waals surface area contributed by atoms with Gasteiger partial charge in [0.15, 0.2) is 0 Å². The zero-order chi connectivity index (χ0) is 15.4. The van der Waals surface area contributed by atoms with Gasteiger partial charge in [0.25, 0.3) is 5.89 Å². The maximum absolute atomic E-state index is 13.9. The van der Waals surface area contributed by atoms with Gasteiger partial charge in [0.1, 0.15) is 17.2 Å². The topological polar surface area (TPSA) is 51.0 Å². The molecule has 1 N–H and O–H groups in total. The molecule has 0 fully saturated rings. The van der Waals surface area contributed by atoms with Gasteiger partial charge in [-0.2, -0.15) is 0 Å². The lowest BCUT2D eigenvalue weighted by Gasteiger charge is -2.11. The van der Waals surface area contributed by atoms with Crippen LogP contribution in [0.15, 0.2) is 21.0 Å². The Morgan fingerprint density at radius 1 is 1.24 bits per heavy atom. The minimum Gasteiger partial charge on any atom is -0.419 e. The summed E-state index contributed by atoms with van der Waals surface area (Å²) in [6, 6.07) is 2.21.